The number of fused-ring (bicyclic) bond motifs is 1. The standard InChI is InChI=1S/C10H10N4O5/c1-5(4-8(15)16)11-6-2-3-7(14(17)18)10-9(6)12-19-13-10/h2-3,5,11H,4H2,1H3,(H,15,16). The molecule has 1 heterocycles. The molecule has 0 saturated carbocycles. The van der Waals surface area contributed by atoms with Crippen LogP contribution in [0.1, 0.15) is 13.3 Å². The van der Waals surface area contributed by atoms with Crippen LogP contribution in [0.5, 0.6) is 0 Å². The number of nitrogens with one attached hydrogen (secondary N) is 1. The second kappa shape index (κ2) is 4.88. The van der Waals surface area contributed by atoms with E-state index in [4.69, 9.17) is 5.11 Å². The first kappa shape index (κ1) is 12.7. The Labute approximate surface area is 106 Å². The number of aromatic nitrogens is 2. The van der Waals surface area contributed by atoms with Crippen LogP contribution in [0.15, 0.2) is 16.8 Å². The topological polar surface area (TPSA) is 131 Å². The van der Waals surface area contributed by atoms with Crippen molar-refractivity contribution >= 4 is 28.4 Å². The zero-order chi connectivity index (χ0) is 14.0. The number of benzene rings is 1. The highest BCUT2D eigenvalue weighted by molar-refractivity contribution is 5.93. The van der Waals surface area contributed by atoms with E-state index >= 15 is 0 Å². The highest BCUT2D eigenvalue weighted by Crippen LogP contribution is 2.29. The van der Waals surface area contributed by atoms with Crippen molar-refractivity contribution in [3.8, 4) is 0 Å². The van der Waals surface area contributed by atoms with Crippen LogP contribution < -0.4 is 5.32 Å². The minimum Gasteiger partial charge on any atom is -0.481 e. The van der Waals surface area contributed by atoms with Gasteiger partial charge in [-0.05, 0) is 23.3 Å². The van der Waals surface area contributed by atoms with E-state index in [0.29, 0.717) is 5.69 Å². The number of non-ortho nitro benzene ring substituents is 1. The van der Waals surface area contributed by atoms with E-state index in [-0.39, 0.29) is 29.2 Å². The molecule has 1 aromatic carbocycles. The number of carbonyl (C=O) groups is 1. The molecule has 0 aliphatic heterocycles. The Balaban J connectivity index is 2.35. The second-order valence-electron chi connectivity index (χ2n) is 3.99. The fourth-order valence-corrected chi connectivity index (χ4v) is 1.70. The summed E-state index contributed by atoms with van der Waals surface area (Å²) in [5, 5.41) is 29.4. The van der Waals surface area contributed by atoms with E-state index in [1.54, 1.807) is 6.92 Å². The molecule has 2 N–H and O–H groups in total. The van der Waals surface area contributed by atoms with Gasteiger partial charge in [0, 0.05) is 12.1 Å². The Bertz CT molecular complexity index is 638. The molecule has 0 bridgehead atoms. The average molecular weight is 266 g/mol. The summed E-state index contributed by atoms with van der Waals surface area (Å²) in [6.07, 6.45) is -0.0935. The van der Waals surface area contributed by atoms with Crippen LogP contribution in [0.2, 0.25) is 0 Å². The summed E-state index contributed by atoms with van der Waals surface area (Å²) in [6.45, 7) is 1.68. The average Bonchev–Trinajstić information content (AvgIpc) is 2.76. The fraction of sp³-hybridized carbons (Fsp3) is 0.300. The van der Waals surface area contributed by atoms with E-state index in [1.807, 2.05) is 0 Å². The molecule has 0 spiro atoms. The Kier molecular flexibility index (Phi) is 3.27. The third kappa shape index (κ3) is 2.59. The Hall–Kier alpha value is -2.71. The number of anilines is 1. The largest absolute Gasteiger partial charge is 0.481 e. The summed E-state index contributed by atoms with van der Waals surface area (Å²) in [7, 11) is 0. The molecule has 1 atom stereocenters. The van der Waals surface area contributed by atoms with E-state index in [1.165, 1.54) is 12.1 Å². The molecule has 2 aromatic rings. The van der Waals surface area contributed by atoms with Crippen molar-refractivity contribution in [1.82, 2.24) is 10.3 Å². The molecule has 1 aromatic heterocycles. The van der Waals surface area contributed by atoms with E-state index in [0.717, 1.165) is 0 Å². The summed E-state index contributed by atoms with van der Waals surface area (Å²) in [5.74, 6) is -0.948. The molecule has 2 rings (SSSR count). The number of nitro benzene ring substituents is 1. The second-order valence-corrected chi connectivity index (χ2v) is 3.99. The number of hydrogen-bond donors (Lipinski definition) is 2. The lowest BCUT2D eigenvalue weighted by molar-refractivity contribution is -0.383. The smallest absolute Gasteiger partial charge is 0.305 e. The highest BCUT2D eigenvalue weighted by atomic mass is 16.6. The fourth-order valence-electron chi connectivity index (χ4n) is 1.70. The van der Waals surface area contributed by atoms with Gasteiger partial charge in [-0.15, -0.1) is 0 Å². The van der Waals surface area contributed by atoms with Crippen LogP contribution in [0.4, 0.5) is 11.4 Å². The number of nitro groups is 1. The van der Waals surface area contributed by atoms with Gasteiger partial charge in [0.15, 0.2) is 5.52 Å². The molecule has 100 valence electrons. The maximum Gasteiger partial charge on any atom is 0.305 e. The van der Waals surface area contributed by atoms with Crippen LogP contribution in [-0.2, 0) is 4.79 Å². The summed E-state index contributed by atoms with van der Waals surface area (Å²) in [5.41, 5.74) is 0.451. The van der Waals surface area contributed by atoms with Crippen LogP contribution >= 0.6 is 0 Å². The zero-order valence-electron chi connectivity index (χ0n) is 9.86. The third-order valence-corrected chi connectivity index (χ3v) is 2.47. The molecule has 0 aliphatic rings. The number of carboxylic acids is 1. The van der Waals surface area contributed by atoms with Gasteiger partial charge in [-0.1, -0.05) is 0 Å². The molecular formula is C10H10N4O5. The van der Waals surface area contributed by atoms with Crippen molar-refractivity contribution in [1.29, 1.82) is 0 Å². The summed E-state index contributed by atoms with van der Waals surface area (Å²) in [6, 6.07) is 2.35. The Morgan fingerprint density at radius 2 is 2.21 bits per heavy atom. The van der Waals surface area contributed by atoms with Crippen LogP contribution in [0.25, 0.3) is 11.0 Å². The van der Waals surface area contributed by atoms with Crippen molar-refractivity contribution in [3.63, 3.8) is 0 Å². The zero-order valence-corrected chi connectivity index (χ0v) is 9.86. The van der Waals surface area contributed by atoms with Gasteiger partial charge in [0.25, 0.3) is 0 Å². The Morgan fingerprint density at radius 3 is 2.84 bits per heavy atom. The van der Waals surface area contributed by atoms with Crippen molar-refractivity contribution in [3.05, 3.63) is 22.2 Å². The SMILES string of the molecule is CC(CC(=O)O)Nc1ccc([N+](=O)[O-])c2nonc12. The summed E-state index contributed by atoms with van der Waals surface area (Å²) >= 11 is 0. The highest BCUT2D eigenvalue weighted by Gasteiger charge is 2.20. The van der Waals surface area contributed by atoms with Crippen LogP contribution in [0.3, 0.4) is 0 Å². The molecule has 9 nitrogen and oxygen atoms in total. The van der Waals surface area contributed by atoms with E-state index < -0.39 is 10.9 Å². The predicted molar refractivity (Wildman–Crippen MR) is 63.8 cm³/mol. The molecule has 0 aliphatic carbocycles. The van der Waals surface area contributed by atoms with Crippen molar-refractivity contribution < 1.29 is 19.5 Å². The van der Waals surface area contributed by atoms with Gasteiger partial charge in [-0.25, -0.2) is 4.63 Å². The van der Waals surface area contributed by atoms with Gasteiger partial charge in [0.05, 0.1) is 17.0 Å². The summed E-state index contributed by atoms with van der Waals surface area (Å²) < 4.78 is 4.50. The lowest BCUT2D eigenvalue weighted by atomic mass is 10.2. The van der Waals surface area contributed by atoms with E-state index in [9.17, 15) is 14.9 Å². The van der Waals surface area contributed by atoms with Gasteiger partial charge in [-0.2, -0.15) is 0 Å². The predicted octanol–water partition coefficient (Wildman–Crippen LogP) is 1.41. The molecule has 19 heavy (non-hydrogen) atoms. The number of nitrogens with zero attached hydrogens (tertiary/aromatic N) is 3. The van der Waals surface area contributed by atoms with Crippen molar-refractivity contribution in [2.75, 3.05) is 5.32 Å². The molecule has 0 saturated heterocycles. The molecule has 9 heteroatoms. The van der Waals surface area contributed by atoms with Crippen molar-refractivity contribution in [2.24, 2.45) is 0 Å². The van der Waals surface area contributed by atoms with Gasteiger partial charge < -0.3 is 10.4 Å². The quantitative estimate of drug-likeness (QED) is 0.613. The Morgan fingerprint density at radius 1 is 1.53 bits per heavy atom. The number of aliphatic carboxylic acids is 1. The third-order valence-electron chi connectivity index (χ3n) is 2.47. The number of hydrogen-bond acceptors (Lipinski definition) is 7. The van der Waals surface area contributed by atoms with Gasteiger partial charge in [0.1, 0.15) is 0 Å². The first-order valence-electron chi connectivity index (χ1n) is 5.37. The van der Waals surface area contributed by atoms with Crippen LogP contribution in [0, 0.1) is 10.1 Å². The minimum atomic E-state index is -0.948. The minimum absolute atomic E-state index is 0.0255. The first-order valence-corrected chi connectivity index (χ1v) is 5.37. The number of carboxylic acid groups (broad SMARTS) is 1. The maximum absolute atomic E-state index is 10.8. The summed E-state index contributed by atoms with van der Waals surface area (Å²) in [4.78, 5) is 20.8. The maximum atomic E-state index is 10.8. The molecule has 0 amide bonds. The molecular weight excluding hydrogens is 256 g/mol. The molecule has 1 unspecified atom stereocenters. The van der Waals surface area contributed by atoms with Gasteiger partial charge in [-0.3, -0.25) is 14.9 Å². The lowest BCUT2D eigenvalue weighted by Gasteiger charge is -2.12. The first-order chi connectivity index (χ1) is 8.99. The molecule has 0 fully saturated rings. The van der Waals surface area contributed by atoms with Crippen molar-refractivity contribution in [2.45, 2.75) is 19.4 Å². The van der Waals surface area contributed by atoms with Gasteiger partial charge >= 0.3 is 11.7 Å². The van der Waals surface area contributed by atoms with Gasteiger partial charge in [0.2, 0.25) is 5.52 Å². The normalized spacial score (nSPS) is 12.3. The monoisotopic (exact) mass is 266 g/mol. The molecule has 0 radical (unpaired) electrons. The lowest BCUT2D eigenvalue weighted by Crippen LogP contribution is -2.19. The number of rotatable bonds is 5. The van der Waals surface area contributed by atoms with Crippen LogP contribution in [-0.4, -0.2) is 32.4 Å². The van der Waals surface area contributed by atoms with E-state index in [2.05, 4.69) is 20.3 Å².